The molecule has 0 bridgehead atoms. The third-order valence-electron chi connectivity index (χ3n) is 1.64. The van der Waals surface area contributed by atoms with Crippen LogP contribution in [0.25, 0.3) is 0 Å². The summed E-state index contributed by atoms with van der Waals surface area (Å²) in [6.07, 6.45) is -0.545. The molecule has 3 heteroatoms. The molecule has 0 aliphatic carbocycles. The van der Waals surface area contributed by atoms with Crippen LogP contribution in [0.1, 0.15) is 18.6 Å². The molecule has 0 aromatic heterocycles. The van der Waals surface area contributed by atoms with Crippen molar-refractivity contribution < 1.29 is 5.11 Å². The van der Waals surface area contributed by atoms with Crippen molar-refractivity contribution in [1.82, 2.24) is 0 Å². The summed E-state index contributed by atoms with van der Waals surface area (Å²) in [5, 5.41) is 9.47. The molecule has 1 unspecified atom stereocenters. The maximum atomic E-state index is 9.47. The van der Waals surface area contributed by atoms with Gasteiger partial charge in [-0.25, -0.2) is 0 Å². The molecular weight excluding hydrogens is 174 g/mol. The van der Waals surface area contributed by atoms with Crippen LogP contribution < -0.4 is 5.73 Å². The van der Waals surface area contributed by atoms with E-state index in [9.17, 15) is 5.11 Å². The van der Waals surface area contributed by atoms with Crippen LogP contribution in [-0.2, 0) is 0 Å². The number of nitrogens with two attached hydrogens (primary N) is 1. The Kier molecular flexibility index (Phi) is 4.90. The zero-order valence-electron chi connectivity index (χ0n) is 6.97. The Morgan fingerprint density at radius 3 is 2.17 bits per heavy atom. The lowest BCUT2D eigenvalue weighted by molar-refractivity contribution is 0.153. The number of halogens is 1. The Labute approximate surface area is 78.8 Å². The van der Waals surface area contributed by atoms with Gasteiger partial charge in [-0.05, 0) is 12.5 Å². The summed E-state index contributed by atoms with van der Waals surface area (Å²) < 4.78 is 0. The number of benzene rings is 1. The number of hydrogen-bond acceptors (Lipinski definition) is 2. The topological polar surface area (TPSA) is 46.2 Å². The van der Waals surface area contributed by atoms with Crippen molar-refractivity contribution in [3.05, 3.63) is 35.9 Å². The van der Waals surface area contributed by atoms with Crippen molar-refractivity contribution >= 4 is 12.4 Å². The molecule has 0 radical (unpaired) electrons. The van der Waals surface area contributed by atoms with E-state index in [4.69, 9.17) is 5.73 Å². The highest BCUT2D eigenvalue weighted by molar-refractivity contribution is 5.85. The quantitative estimate of drug-likeness (QED) is 0.737. The van der Waals surface area contributed by atoms with Crippen LogP contribution in [0.4, 0.5) is 0 Å². The third kappa shape index (κ3) is 2.81. The van der Waals surface area contributed by atoms with Gasteiger partial charge in [-0.2, -0.15) is 0 Å². The Hall–Kier alpha value is -0.570. The first-order valence-electron chi connectivity index (χ1n) is 3.70. The molecule has 0 heterocycles. The van der Waals surface area contributed by atoms with Gasteiger partial charge in [0, 0.05) is 6.04 Å². The summed E-state index contributed by atoms with van der Waals surface area (Å²) in [5.41, 5.74) is 6.40. The normalized spacial score (nSPS) is 14.6. The van der Waals surface area contributed by atoms with Crippen LogP contribution in [0.15, 0.2) is 30.3 Å². The molecular formula is C9H14ClNO. The summed E-state index contributed by atoms with van der Waals surface area (Å²) in [7, 11) is 0. The molecule has 1 aromatic carbocycles. The number of hydrogen-bond donors (Lipinski definition) is 2. The molecule has 0 aliphatic heterocycles. The molecule has 0 aliphatic rings. The minimum absolute atomic E-state index is 0. The lowest BCUT2D eigenvalue weighted by atomic mass is 10.0. The molecule has 68 valence electrons. The number of rotatable bonds is 2. The van der Waals surface area contributed by atoms with Gasteiger partial charge in [0.05, 0.1) is 6.10 Å². The van der Waals surface area contributed by atoms with Crippen LogP contribution >= 0.6 is 12.4 Å². The van der Waals surface area contributed by atoms with E-state index in [-0.39, 0.29) is 18.4 Å². The van der Waals surface area contributed by atoms with E-state index in [1.165, 1.54) is 0 Å². The molecule has 0 saturated heterocycles. The van der Waals surface area contributed by atoms with Gasteiger partial charge in [0.1, 0.15) is 0 Å². The van der Waals surface area contributed by atoms with Gasteiger partial charge >= 0.3 is 0 Å². The van der Waals surface area contributed by atoms with E-state index in [1.54, 1.807) is 6.92 Å². The highest BCUT2D eigenvalue weighted by atomic mass is 35.5. The van der Waals surface area contributed by atoms with E-state index in [0.717, 1.165) is 5.56 Å². The summed E-state index contributed by atoms with van der Waals surface area (Å²) in [6, 6.07) is 9.22. The Morgan fingerprint density at radius 1 is 1.25 bits per heavy atom. The second kappa shape index (κ2) is 5.14. The molecule has 3 N–H and O–H groups in total. The first-order valence-corrected chi connectivity index (χ1v) is 3.70. The van der Waals surface area contributed by atoms with Gasteiger partial charge in [0.2, 0.25) is 0 Å². The predicted molar refractivity (Wildman–Crippen MR) is 52.3 cm³/mol. The van der Waals surface area contributed by atoms with Crippen LogP contribution in [0, 0.1) is 0 Å². The van der Waals surface area contributed by atoms with Gasteiger partial charge < -0.3 is 10.8 Å². The lowest BCUT2D eigenvalue weighted by Crippen LogP contribution is -2.24. The summed E-state index contributed by atoms with van der Waals surface area (Å²) in [4.78, 5) is 0. The SMILES string of the molecule is CC(N)[C@H](O)c1ccccc1.Cl. The molecule has 2 atom stereocenters. The maximum Gasteiger partial charge on any atom is 0.0938 e. The minimum Gasteiger partial charge on any atom is -0.387 e. The number of aliphatic hydroxyl groups excluding tert-OH is 1. The fourth-order valence-corrected chi connectivity index (χ4v) is 0.954. The molecule has 0 fully saturated rings. The molecule has 0 amide bonds. The largest absolute Gasteiger partial charge is 0.387 e. The van der Waals surface area contributed by atoms with E-state index in [1.807, 2.05) is 30.3 Å². The minimum atomic E-state index is -0.545. The van der Waals surface area contributed by atoms with E-state index in [0.29, 0.717) is 0 Å². The van der Waals surface area contributed by atoms with Crippen molar-refractivity contribution in [3.63, 3.8) is 0 Å². The monoisotopic (exact) mass is 187 g/mol. The van der Waals surface area contributed by atoms with Gasteiger partial charge in [-0.1, -0.05) is 30.3 Å². The fraction of sp³-hybridized carbons (Fsp3) is 0.333. The molecule has 2 nitrogen and oxygen atoms in total. The van der Waals surface area contributed by atoms with Crippen LogP contribution in [0.2, 0.25) is 0 Å². The highest BCUT2D eigenvalue weighted by Crippen LogP contribution is 2.13. The van der Waals surface area contributed by atoms with Crippen molar-refractivity contribution in [2.75, 3.05) is 0 Å². The zero-order valence-corrected chi connectivity index (χ0v) is 7.79. The summed E-state index contributed by atoms with van der Waals surface area (Å²) >= 11 is 0. The first-order chi connectivity index (χ1) is 5.22. The average Bonchev–Trinajstić information content (AvgIpc) is 2.05. The predicted octanol–water partition coefficient (Wildman–Crippen LogP) is 1.49. The molecule has 12 heavy (non-hydrogen) atoms. The second-order valence-corrected chi connectivity index (χ2v) is 2.71. The summed E-state index contributed by atoms with van der Waals surface area (Å²) in [5.74, 6) is 0. The standard InChI is InChI=1S/C9H13NO.ClH/c1-7(10)9(11)8-5-3-2-4-6-8;/h2-7,9,11H,10H2,1H3;1H/t7?,9-;/m0./s1. The van der Waals surface area contributed by atoms with Crippen LogP contribution in [0.5, 0.6) is 0 Å². The van der Waals surface area contributed by atoms with Gasteiger partial charge in [0.25, 0.3) is 0 Å². The van der Waals surface area contributed by atoms with Crippen molar-refractivity contribution in [1.29, 1.82) is 0 Å². The van der Waals surface area contributed by atoms with Crippen LogP contribution in [-0.4, -0.2) is 11.1 Å². The van der Waals surface area contributed by atoms with Gasteiger partial charge in [-0.3, -0.25) is 0 Å². The molecule has 1 rings (SSSR count). The third-order valence-corrected chi connectivity index (χ3v) is 1.64. The van der Waals surface area contributed by atoms with E-state index < -0.39 is 6.10 Å². The Morgan fingerprint density at radius 2 is 1.75 bits per heavy atom. The van der Waals surface area contributed by atoms with Gasteiger partial charge in [0.15, 0.2) is 0 Å². The zero-order chi connectivity index (χ0) is 8.27. The van der Waals surface area contributed by atoms with E-state index >= 15 is 0 Å². The van der Waals surface area contributed by atoms with Crippen molar-refractivity contribution in [2.45, 2.75) is 19.1 Å². The van der Waals surface area contributed by atoms with Crippen molar-refractivity contribution in [3.8, 4) is 0 Å². The van der Waals surface area contributed by atoms with E-state index in [2.05, 4.69) is 0 Å². The Balaban J connectivity index is 0.00000121. The maximum absolute atomic E-state index is 9.47. The molecule has 0 spiro atoms. The highest BCUT2D eigenvalue weighted by Gasteiger charge is 2.10. The Bertz CT molecular complexity index is 213. The van der Waals surface area contributed by atoms with Gasteiger partial charge in [-0.15, -0.1) is 12.4 Å². The molecule has 0 saturated carbocycles. The second-order valence-electron chi connectivity index (χ2n) is 2.71. The van der Waals surface area contributed by atoms with Crippen molar-refractivity contribution in [2.24, 2.45) is 5.73 Å². The lowest BCUT2D eigenvalue weighted by Gasteiger charge is -2.13. The average molecular weight is 188 g/mol. The molecule has 1 aromatic rings. The summed E-state index contributed by atoms with van der Waals surface area (Å²) in [6.45, 7) is 1.79. The van der Waals surface area contributed by atoms with Crippen LogP contribution in [0.3, 0.4) is 0 Å². The number of aliphatic hydroxyl groups is 1. The smallest absolute Gasteiger partial charge is 0.0938 e. The first kappa shape index (κ1) is 11.4. The fourth-order valence-electron chi connectivity index (χ4n) is 0.954.